The lowest BCUT2D eigenvalue weighted by molar-refractivity contribution is -0.743. The van der Waals surface area contributed by atoms with Crippen LogP contribution in [0.3, 0.4) is 0 Å². The van der Waals surface area contributed by atoms with Crippen LogP contribution in [-0.4, -0.2) is 9.13 Å². The second-order valence-corrected chi connectivity index (χ2v) is 13.9. The number of hydrogen-bond acceptors (Lipinski definition) is 0. The highest BCUT2D eigenvalue weighted by Crippen LogP contribution is 2.52. The Kier molecular flexibility index (Phi) is 6.22. The third kappa shape index (κ3) is 3.45. The molecule has 3 heterocycles. The number of aromatic nitrogens is 3. The Morgan fingerprint density at radius 2 is 1.37 bits per heavy atom. The molecule has 0 radical (unpaired) electrons. The minimum Gasteiger partial charge on any atom is -0.340 e. The van der Waals surface area contributed by atoms with Gasteiger partial charge in [-0.1, -0.05) is 103 Å². The second kappa shape index (κ2) is 9.58. The maximum absolute atomic E-state index is 2.73. The van der Waals surface area contributed by atoms with E-state index in [0.29, 0.717) is 11.8 Å². The third-order valence-corrected chi connectivity index (χ3v) is 11.3. The third-order valence-electron chi connectivity index (χ3n) is 11.3. The lowest BCUT2D eigenvalue weighted by Crippen LogP contribution is -2.67. The van der Waals surface area contributed by atoms with E-state index < -0.39 is 0 Å². The number of fused-ring (bicyclic) bond motifs is 8. The fourth-order valence-electron chi connectivity index (χ4n) is 8.49. The monoisotopic (exact) mass is 568 g/mol. The first-order valence-electron chi connectivity index (χ1n) is 16.3. The molecule has 2 unspecified atom stereocenters. The summed E-state index contributed by atoms with van der Waals surface area (Å²) in [5, 5.41) is 2.74. The summed E-state index contributed by atoms with van der Waals surface area (Å²) < 4.78 is 7.84. The van der Waals surface area contributed by atoms with E-state index in [1.807, 2.05) is 0 Å². The zero-order chi connectivity index (χ0) is 30.4. The maximum Gasteiger partial charge on any atom is 0.295 e. The van der Waals surface area contributed by atoms with E-state index in [9.17, 15) is 0 Å². The van der Waals surface area contributed by atoms with Gasteiger partial charge in [-0.3, -0.25) is 0 Å². The Hall–Kier alpha value is -3.85. The van der Waals surface area contributed by atoms with Crippen molar-refractivity contribution in [1.82, 2.24) is 9.13 Å². The van der Waals surface area contributed by atoms with E-state index >= 15 is 0 Å². The molecule has 0 saturated carbocycles. The molecule has 4 aromatic carbocycles. The molecule has 0 saturated heterocycles. The van der Waals surface area contributed by atoms with Crippen LogP contribution < -0.4 is 4.57 Å². The fraction of sp³-hybridized carbons (Fsp3) is 0.375. The standard InChI is InChI=1S/C40H46N3/c1-10-39(7)31-20-14-12-18-27(31)38-42(33-22-16-17-23-34(33)43(38)40(39,8)11-2)36-30(26(5)6)24-29(25(3)4)35-28-19-13-15-21-32(28)41(9)37(35)36/h12-26H,10-11H2,1-9H3/q+1. The van der Waals surface area contributed by atoms with Crippen LogP contribution in [0.5, 0.6) is 0 Å². The van der Waals surface area contributed by atoms with Crippen LogP contribution in [0, 0.1) is 0 Å². The predicted molar refractivity (Wildman–Crippen MR) is 183 cm³/mol. The Balaban J connectivity index is 1.79. The van der Waals surface area contributed by atoms with Gasteiger partial charge in [0.05, 0.1) is 11.1 Å². The van der Waals surface area contributed by atoms with Crippen molar-refractivity contribution in [2.75, 3.05) is 0 Å². The summed E-state index contributed by atoms with van der Waals surface area (Å²) in [6.45, 7) is 19.2. The molecule has 1 aliphatic rings. The van der Waals surface area contributed by atoms with Crippen LogP contribution in [0.4, 0.5) is 0 Å². The van der Waals surface area contributed by atoms with Gasteiger partial charge in [0.1, 0.15) is 5.54 Å². The largest absolute Gasteiger partial charge is 0.340 e. The van der Waals surface area contributed by atoms with Crippen molar-refractivity contribution in [3.05, 3.63) is 95.6 Å². The van der Waals surface area contributed by atoms with Gasteiger partial charge >= 0.3 is 0 Å². The zero-order valence-corrected chi connectivity index (χ0v) is 27.4. The predicted octanol–water partition coefficient (Wildman–Crippen LogP) is 10.3. The highest BCUT2D eigenvalue weighted by Gasteiger charge is 2.56. The summed E-state index contributed by atoms with van der Waals surface area (Å²) in [7, 11) is 2.27. The first kappa shape index (κ1) is 28.0. The molecule has 0 amide bonds. The first-order chi connectivity index (χ1) is 20.6. The molecule has 0 N–H and O–H groups in total. The van der Waals surface area contributed by atoms with Gasteiger partial charge in [-0.15, -0.1) is 0 Å². The summed E-state index contributed by atoms with van der Waals surface area (Å²) in [5.74, 6) is 2.07. The number of imidazole rings is 1. The molecule has 0 bridgehead atoms. The molecule has 7 rings (SSSR count). The van der Waals surface area contributed by atoms with E-state index in [-0.39, 0.29) is 11.0 Å². The quantitative estimate of drug-likeness (QED) is 0.184. The van der Waals surface area contributed by atoms with Crippen molar-refractivity contribution < 1.29 is 4.57 Å². The highest BCUT2D eigenvalue weighted by molar-refractivity contribution is 6.13. The molecule has 3 heteroatoms. The minimum atomic E-state index is -0.107. The summed E-state index contributed by atoms with van der Waals surface area (Å²) in [6, 6.07) is 29.9. The van der Waals surface area contributed by atoms with Gasteiger partial charge in [-0.05, 0) is 67.0 Å². The molecule has 2 atom stereocenters. The number of hydrogen-bond donors (Lipinski definition) is 0. The fourth-order valence-corrected chi connectivity index (χ4v) is 8.49. The smallest absolute Gasteiger partial charge is 0.295 e. The van der Waals surface area contributed by atoms with Gasteiger partial charge < -0.3 is 4.57 Å². The highest BCUT2D eigenvalue weighted by atomic mass is 15.2. The zero-order valence-electron chi connectivity index (χ0n) is 27.4. The number of para-hydroxylation sites is 3. The summed E-state index contributed by atoms with van der Waals surface area (Å²) >= 11 is 0. The van der Waals surface area contributed by atoms with Crippen LogP contribution >= 0.6 is 0 Å². The van der Waals surface area contributed by atoms with Crippen LogP contribution in [0.15, 0.2) is 78.9 Å². The number of benzene rings is 4. The van der Waals surface area contributed by atoms with Crippen molar-refractivity contribution in [1.29, 1.82) is 0 Å². The Labute approximate surface area is 256 Å². The van der Waals surface area contributed by atoms with E-state index in [2.05, 4.69) is 155 Å². The second-order valence-electron chi connectivity index (χ2n) is 13.9. The molecule has 43 heavy (non-hydrogen) atoms. The van der Waals surface area contributed by atoms with Crippen molar-refractivity contribution in [2.24, 2.45) is 7.05 Å². The van der Waals surface area contributed by atoms with Crippen molar-refractivity contribution in [3.63, 3.8) is 0 Å². The molecule has 2 aromatic heterocycles. The van der Waals surface area contributed by atoms with Crippen molar-refractivity contribution in [2.45, 2.75) is 91.0 Å². The summed E-state index contributed by atoms with van der Waals surface area (Å²) in [4.78, 5) is 0. The van der Waals surface area contributed by atoms with Gasteiger partial charge in [-0.2, -0.15) is 4.57 Å². The molecule has 0 fully saturated rings. The van der Waals surface area contributed by atoms with E-state index in [0.717, 1.165) is 12.8 Å². The Morgan fingerprint density at radius 3 is 2.05 bits per heavy atom. The Morgan fingerprint density at radius 1 is 0.744 bits per heavy atom. The molecule has 3 nitrogen and oxygen atoms in total. The number of nitrogens with zero attached hydrogens (tertiary/aromatic N) is 3. The topological polar surface area (TPSA) is 13.7 Å². The van der Waals surface area contributed by atoms with Crippen LogP contribution in [0.1, 0.15) is 96.8 Å². The molecule has 0 spiro atoms. The molecule has 220 valence electrons. The Bertz CT molecular complexity index is 2050. The first-order valence-corrected chi connectivity index (χ1v) is 16.3. The average Bonchev–Trinajstić information content (AvgIpc) is 3.52. The van der Waals surface area contributed by atoms with E-state index in [1.165, 1.54) is 66.6 Å². The molecule has 6 aromatic rings. The van der Waals surface area contributed by atoms with Crippen LogP contribution in [0.25, 0.3) is 49.9 Å². The molecule has 1 aliphatic heterocycles. The van der Waals surface area contributed by atoms with Crippen LogP contribution in [-0.2, 0) is 18.0 Å². The van der Waals surface area contributed by atoms with Crippen molar-refractivity contribution in [3.8, 4) is 17.1 Å². The van der Waals surface area contributed by atoms with Crippen molar-refractivity contribution >= 4 is 32.8 Å². The number of rotatable bonds is 5. The van der Waals surface area contributed by atoms with Gasteiger partial charge in [0, 0.05) is 34.3 Å². The summed E-state index contributed by atoms with van der Waals surface area (Å²) in [6.07, 6.45) is 2.12. The van der Waals surface area contributed by atoms with Gasteiger partial charge in [-0.25, -0.2) is 4.57 Å². The average molecular weight is 569 g/mol. The molecule has 0 aliphatic carbocycles. The van der Waals surface area contributed by atoms with Gasteiger partial charge in [0.25, 0.3) is 5.82 Å². The normalized spacial score (nSPS) is 20.1. The molecular weight excluding hydrogens is 522 g/mol. The van der Waals surface area contributed by atoms with E-state index in [1.54, 1.807) is 0 Å². The SMILES string of the molecule is CCC1(C)c2ccccc2-c2n(-c3c(C(C)C)cc(C(C)C)c4c5ccccc5n(C)c34)c3ccccc3[n+]2C1(C)CC. The van der Waals surface area contributed by atoms with Gasteiger partial charge in [0.15, 0.2) is 16.7 Å². The molecular formula is C40H46N3+. The number of aryl methyl sites for hydroxylation is 1. The lowest BCUT2D eigenvalue weighted by Gasteiger charge is -2.47. The summed E-state index contributed by atoms with van der Waals surface area (Å²) in [5.41, 5.74) is 12.1. The van der Waals surface area contributed by atoms with Gasteiger partial charge in [0.2, 0.25) is 0 Å². The minimum absolute atomic E-state index is 0.0116. The van der Waals surface area contributed by atoms with Crippen LogP contribution in [0.2, 0.25) is 0 Å². The lowest BCUT2D eigenvalue weighted by atomic mass is 9.61. The van der Waals surface area contributed by atoms with E-state index in [4.69, 9.17) is 0 Å². The maximum atomic E-state index is 2.73.